The Morgan fingerprint density at radius 3 is 2.57 bits per heavy atom. The molecule has 1 N–H and O–H groups in total. The van der Waals surface area contributed by atoms with Crippen LogP contribution >= 0.6 is 11.6 Å². The first kappa shape index (κ1) is 15.2. The lowest BCUT2D eigenvalue weighted by Gasteiger charge is -2.16. The van der Waals surface area contributed by atoms with Crippen LogP contribution in [0.2, 0.25) is 5.02 Å². The second-order valence-electron chi connectivity index (χ2n) is 5.06. The summed E-state index contributed by atoms with van der Waals surface area (Å²) in [6, 6.07) is 3.73. The van der Waals surface area contributed by atoms with Gasteiger partial charge in [0.1, 0.15) is 5.02 Å². The molecule has 1 heterocycles. The van der Waals surface area contributed by atoms with Gasteiger partial charge in [0.2, 0.25) is 0 Å². The van der Waals surface area contributed by atoms with Gasteiger partial charge in [0.25, 0.3) is 11.6 Å². The number of nitrogens with zero attached hydrogens (tertiary/aromatic N) is 2. The zero-order valence-corrected chi connectivity index (χ0v) is 11.9. The Bertz CT molecular complexity index is 619. The minimum Gasteiger partial charge on any atom is -0.481 e. The molecule has 1 saturated heterocycles. The van der Waals surface area contributed by atoms with Crippen LogP contribution in [0.5, 0.6) is 0 Å². The van der Waals surface area contributed by atoms with Crippen molar-refractivity contribution < 1.29 is 19.6 Å². The van der Waals surface area contributed by atoms with E-state index in [0.29, 0.717) is 6.54 Å². The molecule has 2 rings (SSSR count). The zero-order valence-electron chi connectivity index (χ0n) is 11.2. The highest BCUT2D eigenvalue weighted by atomic mass is 35.5. The lowest BCUT2D eigenvalue weighted by molar-refractivity contribution is -0.384. The Morgan fingerprint density at radius 2 is 2.10 bits per heavy atom. The number of nitro benzene ring substituents is 1. The van der Waals surface area contributed by atoms with Gasteiger partial charge in [-0.2, -0.15) is 0 Å². The highest BCUT2D eigenvalue weighted by Crippen LogP contribution is 2.28. The van der Waals surface area contributed by atoms with Crippen molar-refractivity contribution in [3.63, 3.8) is 0 Å². The van der Waals surface area contributed by atoms with E-state index in [0.717, 1.165) is 0 Å². The summed E-state index contributed by atoms with van der Waals surface area (Å²) in [4.78, 5) is 34.8. The predicted octanol–water partition coefficient (Wildman–Crippen LogP) is 2.04. The number of rotatable bonds is 3. The second-order valence-corrected chi connectivity index (χ2v) is 5.46. The summed E-state index contributed by atoms with van der Waals surface area (Å²) in [7, 11) is 0. The van der Waals surface area contributed by atoms with Crippen molar-refractivity contribution in [3.05, 3.63) is 38.9 Å². The van der Waals surface area contributed by atoms with Crippen LogP contribution in [0, 0.1) is 22.0 Å². The number of halogens is 1. The summed E-state index contributed by atoms with van der Waals surface area (Å²) < 4.78 is 0. The maximum atomic E-state index is 12.3. The van der Waals surface area contributed by atoms with Gasteiger partial charge in [0, 0.05) is 24.7 Å². The van der Waals surface area contributed by atoms with Crippen molar-refractivity contribution in [2.75, 3.05) is 13.1 Å². The molecule has 2 atom stereocenters. The first-order valence-electron chi connectivity index (χ1n) is 6.27. The molecule has 1 amide bonds. The fourth-order valence-electron chi connectivity index (χ4n) is 2.42. The van der Waals surface area contributed by atoms with Crippen LogP contribution in [-0.2, 0) is 4.79 Å². The minimum absolute atomic E-state index is 0.118. The molecule has 0 aromatic heterocycles. The first-order chi connectivity index (χ1) is 9.81. The Hall–Kier alpha value is -2.15. The third-order valence-corrected chi connectivity index (χ3v) is 3.91. The average molecular weight is 313 g/mol. The number of hydrogen-bond donors (Lipinski definition) is 1. The normalized spacial score (nSPS) is 21.3. The van der Waals surface area contributed by atoms with Crippen LogP contribution in [0.3, 0.4) is 0 Å². The summed E-state index contributed by atoms with van der Waals surface area (Å²) in [6.07, 6.45) is 0. The van der Waals surface area contributed by atoms with Crippen LogP contribution in [-0.4, -0.2) is 39.9 Å². The molecule has 8 heteroatoms. The fourth-order valence-corrected chi connectivity index (χ4v) is 2.67. The lowest BCUT2D eigenvalue weighted by Crippen LogP contribution is -2.29. The Balaban J connectivity index is 2.20. The van der Waals surface area contributed by atoms with Crippen LogP contribution in [0.4, 0.5) is 5.69 Å². The number of benzene rings is 1. The molecule has 0 aliphatic carbocycles. The highest BCUT2D eigenvalue weighted by Gasteiger charge is 2.37. The fraction of sp³-hybridized carbons (Fsp3) is 0.385. The van der Waals surface area contributed by atoms with E-state index < -0.39 is 16.8 Å². The van der Waals surface area contributed by atoms with Gasteiger partial charge in [-0.1, -0.05) is 18.5 Å². The molecule has 112 valence electrons. The van der Waals surface area contributed by atoms with Crippen molar-refractivity contribution in [3.8, 4) is 0 Å². The molecule has 0 spiro atoms. The van der Waals surface area contributed by atoms with E-state index in [1.807, 2.05) is 0 Å². The van der Waals surface area contributed by atoms with Crippen molar-refractivity contribution in [2.45, 2.75) is 6.92 Å². The molecule has 1 aliphatic rings. The number of amides is 1. The smallest absolute Gasteiger partial charge is 0.308 e. The van der Waals surface area contributed by atoms with Crippen LogP contribution in [0.1, 0.15) is 17.3 Å². The third kappa shape index (κ3) is 2.97. The van der Waals surface area contributed by atoms with Crippen molar-refractivity contribution in [1.29, 1.82) is 0 Å². The second kappa shape index (κ2) is 5.69. The van der Waals surface area contributed by atoms with Crippen molar-refractivity contribution >= 4 is 29.2 Å². The summed E-state index contributed by atoms with van der Waals surface area (Å²) in [6.45, 7) is 2.24. The number of carbonyl (C=O) groups excluding carboxylic acids is 1. The van der Waals surface area contributed by atoms with E-state index in [2.05, 4.69) is 0 Å². The molecule has 1 aromatic rings. The molecule has 7 nitrogen and oxygen atoms in total. The van der Waals surface area contributed by atoms with Gasteiger partial charge in [-0.3, -0.25) is 19.7 Å². The Morgan fingerprint density at radius 1 is 1.43 bits per heavy atom. The van der Waals surface area contributed by atoms with Gasteiger partial charge >= 0.3 is 5.97 Å². The van der Waals surface area contributed by atoms with E-state index in [4.69, 9.17) is 16.7 Å². The summed E-state index contributed by atoms with van der Waals surface area (Å²) >= 11 is 5.78. The standard InChI is InChI=1S/C13H13ClN2O5/c1-7-5-15(6-9(7)13(18)19)12(17)8-2-3-11(16(20)21)10(14)4-8/h2-4,7,9H,5-6H2,1H3,(H,18,19). The summed E-state index contributed by atoms with van der Waals surface area (Å²) in [5, 5.41) is 19.6. The van der Waals surface area contributed by atoms with Crippen LogP contribution < -0.4 is 0 Å². The molecule has 0 radical (unpaired) electrons. The van der Waals surface area contributed by atoms with Crippen molar-refractivity contribution in [1.82, 2.24) is 4.90 Å². The van der Waals surface area contributed by atoms with Gasteiger partial charge in [0.05, 0.1) is 10.8 Å². The minimum atomic E-state index is -0.931. The zero-order chi connectivity index (χ0) is 15.7. The number of carboxylic acid groups (broad SMARTS) is 1. The summed E-state index contributed by atoms with van der Waals surface area (Å²) in [5.74, 6) is -2.04. The maximum absolute atomic E-state index is 12.3. The largest absolute Gasteiger partial charge is 0.481 e. The predicted molar refractivity (Wildman–Crippen MR) is 74.3 cm³/mol. The van der Waals surface area contributed by atoms with E-state index in [1.165, 1.54) is 23.1 Å². The number of carbonyl (C=O) groups is 2. The van der Waals surface area contributed by atoms with E-state index >= 15 is 0 Å². The third-order valence-electron chi connectivity index (χ3n) is 3.61. The number of nitro groups is 1. The molecule has 0 bridgehead atoms. The molecule has 1 aliphatic heterocycles. The van der Waals surface area contributed by atoms with Gasteiger partial charge in [-0.05, 0) is 18.1 Å². The summed E-state index contributed by atoms with van der Waals surface area (Å²) in [5.41, 5.74) is -0.0599. The quantitative estimate of drug-likeness (QED) is 0.680. The number of aliphatic carboxylic acids is 1. The van der Waals surface area contributed by atoms with E-state index in [-0.39, 0.29) is 34.6 Å². The van der Waals surface area contributed by atoms with E-state index in [9.17, 15) is 19.7 Å². The molecule has 21 heavy (non-hydrogen) atoms. The topological polar surface area (TPSA) is 101 Å². The Labute approximate surface area is 125 Å². The lowest BCUT2D eigenvalue weighted by atomic mass is 9.99. The molecule has 2 unspecified atom stereocenters. The molecular weight excluding hydrogens is 300 g/mol. The monoisotopic (exact) mass is 312 g/mol. The van der Waals surface area contributed by atoms with Crippen molar-refractivity contribution in [2.24, 2.45) is 11.8 Å². The molecule has 1 aromatic carbocycles. The highest BCUT2D eigenvalue weighted by molar-refractivity contribution is 6.33. The van der Waals surface area contributed by atoms with Gasteiger partial charge in [-0.25, -0.2) is 0 Å². The first-order valence-corrected chi connectivity index (χ1v) is 6.65. The number of likely N-dealkylation sites (tertiary alicyclic amines) is 1. The van der Waals surface area contributed by atoms with Crippen LogP contribution in [0.25, 0.3) is 0 Å². The SMILES string of the molecule is CC1CN(C(=O)c2ccc([N+](=O)[O-])c(Cl)c2)CC1C(=O)O. The van der Waals surface area contributed by atoms with Gasteiger partial charge < -0.3 is 10.0 Å². The van der Waals surface area contributed by atoms with Gasteiger partial charge in [-0.15, -0.1) is 0 Å². The van der Waals surface area contributed by atoms with Gasteiger partial charge in [0.15, 0.2) is 0 Å². The van der Waals surface area contributed by atoms with Crippen LogP contribution in [0.15, 0.2) is 18.2 Å². The maximum Gasteiger partial charge on any atom is 0.308 e. The Kier molecular flexibility index (Phi) is 4.13. The average Bonchev–Trinajstić information content (AvgIpc) is 2.79. The molecule has 1 fully saturated rings. The van der Waals surface area contributed by atoms with E-state index in [1.54, 1.807) is 6.92 Å². The molecule has 0 saturated carbocycles. The molecular formula is C13H13ClN2O5. The number of hydrogen-bond acceptors (Lipinski definition) is 4. The number of carboxylic acids is 1.